The minimum Gasteiger partial charge on any atom is -0.508 e. The molecule has 2 N–H and O–H groups in total. The minimum absolute atomic E-state index is 0.197. The molecule has 2 fully saturated rings. The van der Waals surface area contributed by atoms with Crippen molar-refractivity contribution >= 4 is 11.1 Å². The lowest BCUT2D eigenvalue weighted by atomic mass is 9.86. The summed E-state index contributed by atoms with van der Waals surface area (Å²) < 4.78 is 12.7. The second-order valence-corrected chi connectivity index (χ2v) is 10.4. The molecule has 3 aliphatic rings. The summed E-state index contributed by atoms with van der Waals surface area (Å²) in [5.41, 5.74) is 4.73. The molecule has 0 aromatic heterocycles. The first-order chi connectivity index (χ1) is 17.5. The zero-order chi connectivity index (χ0) is 24.8. The Balaban J connectivity index is 1.26. The maximum atomic E-state index is 10.2. The minimum atomic E-state index is -0.350. The van der Waals surface area contributed by atoms with Crippen LogP contribution in [0.15, 0.2) is 66.7 Å². The Hall–Kier alpha value is -3.44. The monoisotopic (exact) mass is 483 g/mol. The molecule has 0 spiro atoms. The molecular formula is C31H33NO4. The molecule has 186 valence electrons. The van der Waals surface area contributed by atoms with E-state index in [9.17, 15) is 10.2 Å². The van der Waals surface area contributed by atoms with Crippen molar-refractivity contribution in [3.8, 4) is 23.0 Å². The van der Waals surface area contributed by atoms with E-state index in [1.807, 2.05) is 37.3 Å². The van der Waals surface area contributed by atoms with E-state index in [2.05, 4.69) is 24.0 Å². The van der Waals surface area contributed by atoms with Gasteiger partial charge in [-0.3, -0.25) is 4.90 Å². The third-order valence-corrected chi connectivity index (χ3v) is 8.13. The molecule has 3 aromatic carbocycles. The van der Waals surface area contributed by atoms with Gasteiger partial charge in [0.15, 0.2) is 0 Å². The summed E-state index contributed by atoms with van der Waals surface area (Å²) in [6.07, 6.45) is 4.99. The molecule has 6 rings (SSSR count). The van der Waals surface area contributed by atoms with E-state index >= 15 is 0 Å². The van der Waals surface area contributed by atoms with Crippen LogP contribution in [0.2, 0.25) is 0 Å². The highest BCUT2D eigenvalue weighted by Gasteiger charge is 2.41. The first-order valence-corrected chi connectivity index (χ1v) is 13.0. The Morgan fingerprint density at radius 2 is 1.61 bits per heavy atom. The molecule has 2 saturated heterocycles. The Bertz CT molecular complexity index is 1280. The van der Waals surface area contributed by atoms with Gasteiger partial charge in [-0.15, -0.1) is 0 Å². The fraction of sp³-hybridized carbons (Fsp3) is 0.355. The number of hydrogen-bond donors (Lipinski definition) is 2. The average molecular weight is 484 g/mol. The molecule has 0 aliphatic carbocycles. The molecule has 5 heteroatoms. The summed E-state index contributed by atoms with van der Waals surface area (Å²) in [5, 5.41) is 20.2. The first kappa shape index (κ1) is 23.0. The van der Waals surface area contributed by atoms with Gasteiger partial charge in [0.1, 0.15) is 35.7 Å². The number of ether oxygens (including phenoxy) is 2. The third-order valence-electron chi connectivity index (χ3n) is 8.13. The van der Waals surface area contributed by atoms with E-state index in [1.54, 1.807) is 24.3 Å². The van der Waals surface area contributed by atoms with Gasteiger partial charge in [0, 0.05) is 29.3 Å². The SMILES string of the molecule is CC1=C(c2cccc(O)c2)C(c2ccc(OC[C@H](C)N3C4CCC3CC4)cc2)Oc2ccc(O)cc21. The number of hydrogen-bond acceptors (Lipinski definition) is 5. The van der Waals surface area contributed by atoms with Crippen LogP contribution in [0.4, 0.5) is 0 Å². The predicted octanol–water partition coefficient (Wildman–Crippen LogP) is 6.56. The van der Waals surface area contributed by atoms with Gasteiger partial charge in [0.05, 0.1) is 0 Å². The highest BCUT2D eigenvalue weighted by Crippen LogP contribution is 2.47. The van der Waals surface area contributed by atoms with Crippen LogP contribution in [0, 0.1) is 0 Å². The molecule has 2 atom stereocenters. The fourth-order valence-electron chi connectivity index (χ4n) is 6.43. The van der Waals surface area contributed by atoms with Gasteiger partial charge in [-0.25, -0.2) is 0 Å². The van der Waals surface area contributed by atoms with Crippen molar-refractivity contribution in [2.75, 3.05) is 6.61 Å². The van der Waals surface area contributed by atoms with E-state index in [1.165, 1.54) is 25.7 Å². The number of fused-ring (bicyclic) bond motifs is 3. The zero-order valence-electron chi connectivity index (χ0n) is 20.9. The van der Waals surface area contributed by atoms with Crippen molar-refractivity contribution in [1.29, 1.82) is 0 Å². The van der Waals surface area contributed by atoms with Crippen molar-refractivity contribution in [3.63, 3.8) is 0 Å². The van der Waals surface area contributed by atoms with Crippen molar-refractivity contribution in [2.45, 2.75) is 63.8 Å². The van der Waals surface area contributed by atoms with E-state index in [-0.39, 0.29) is 17.6 Å². The summed E-state index contributed by atoms with van der Waals surface area (Å²) in [6.45, 7) is 5.01. The number of allylic oxidation sites excluding steroid dienone is 1. The van der Waals surface area contributed by atoms with Crippen LogP contribution in [0.1, 0.15) is 62.3 Å². The van der Waals surface area contributed by atoms with Crippen LogP contribution >= 0.6 is 0 Å². The van der Waals surface area contributed by atoms with Gasteiger partial charge in [0.25, 0.3) is 0 Å². The summed E-state index contributed by atoms with van der Waals surface area (Å²) in [4.78, 5) is 2.68. The van der Waals surface area contributed by atoms with Crippen LogP contribution in [0.3, 0.4) is 0 Å². The van der Waals surface area contributed by atoms with Gasteiger partial charge in [0.2, 0.25) is 0 Å². The first-order valence-electron chi connectivity index (χ1n) is 13.0. The second-order valence-electron chi connectivity index (χ2n) is 10.4. The Kier molecular flexibility index (Phi) is 5.88. The lowest BCUT2D eigenvalue weighted by Crippen LogP contribution is -2.40. The van der Waals surface area contributed by atoms with Crippen LogP contribution in [-0.4, -0.2) is 39.8 Å². The predicted molar refractivity (Wildman–Crippen MR) is 141 cm³/mol. The molecule has 2 bridgehead atoms. The maximum Gasteiger partial charge on any atom is 0.150 e. The Morgan fingerprint density at radius 1 is 0.917 bits per heavy atom. The molecule has 3 aliphatic heterocycles. The Morgan fingerprint density at radius 3 is 2.31 bits per heavy atom. The second kappa shape index (κ2) is 9.21. The molecule has 3 heterocycles. The number of benzene rings is 3. The zero-order valence-corrected chi connectivity index (χ0v) is 20.9. The van der Waals surface area contributed by atoms with Gasteiger partial charge in [-0.1, -0.05) is 24.3 Å². The number of nitrogens with zero attached hydrogens (tertiary/aromatic N) is 1. The molecule has 1 unspecified atom stereocenters. The molecule has 5 nitrogen and oxygen atoms in total. The molecule has 0 amide bonds. The number of aromatic hydroxyl groups is 2. The summed E-state index contributed by atoms with van der Waals surface area (Å²) in [5.74, 6) is 1.99. The van der Waals surface area contributed by atoms with E-state index in [0.29, 0.717) is 12.6 Å². The van der Waals surface area contributed by atoms with Gasteiger partial charge in [-0.05, 0) is 98.7 Å². The van der Waals surface area contributed by atoms with Gasteiger partial charge < -0.3 is 19.7 Å². The maximum absolute atomic E-state index is 10.2. The van der Waals surface area contributed by atoms with Gasteiger partial charge >= 0.3 is 0 Å². The number of phenolic OH excluding ortho intramolecular Hbond substituents is 2. The molecule has 36 heavy (non-hydrogen) atoms. The van der Waals surface area contributed by atoms with Crippen molar-refractivity contribution in [1.82, 2.24) is 4.90 Å². The molecule has 0 saturated carbocycles. The quantitative estimate of drug-likeness (QED) is 0.416. The standard InChI is InChI=1S/C31H33NO4/c1-19(32-23-8-9-24(32)11-10-23)18-35-27-13-6-21(7-14-27)31-30(22-4-3-5-25(33)16-22)20(2)28-17-26(34)12-15-29(28)36-31/h3-7,12-17,19,23-24,31,33-34H,8-11,18H2,1-2H3/t19-,23?,24?,31?/m0/s1. The van der Waals surface area contributed by atoms with Gasteiger partial charge in [-0.2, -0.15) is 0 Å². The van der Waals surface area contributed by atoms with Crippen LogP contribution in [0.25, 0.3) is 11.1 Å². The highest BCUT2D eigenvalue weighted by atomic mass is 16.5. The smallest absolute Gasteiger partial charge is 0.150 e. The van der Waals surface area contributed by atoms with Crippen molar-refractivity contribution in [2.24, 2.45) is 0 Å². The van der Waals surface area contributed by atoms with Crippen LogP contribution in [-0.2, 0) is 0 Å². The molecular weight excluding hydrogens is 450 g/mol. The van der Waals surface area contributed by atoms with E-state index in [0.717, 1.165) is 51.4 Å². The topological polar surface area (TPSA) is 62.2 Å². The van der Waals surface area contributed by atoms with Crippen LogP contribution in [0.5, 0.6) is 23.0 Å². The Labute approximate surface area is 212 Å². The van der Waals surface area contributed by atoms with E-state index < -0.39 is 0 Å². The third kappa shape index (κ3) is 4.11. The average Bonchev–Trinajstić information content (AvgIpc) is 3.49. The largest absolute Gasteiger partial charge is 0.508 e. The van der Waals surface area contributed by atoms with E-state index in [4.69, 9.17) is 9.47 Å². The summed E-state index contributed by atoms with van der Waals surface area (Å²) >= 11 is 0. The lowest BCUT2D eigenvalue weighted by molar-refractivity contribution is 0.131. The fourth-order valence-corrected chi connectivity index (χ4v) is 6.43. The highest BCUT2D eigenvalue weighted by molar-refractivity contribution is 5.95. The van der Waals surface area contributed by atoms with Crippen molar-refractivity contribution in [3.05, 3.63) is 83.4 Å². The molecule has 0 radical (unpaired) electrons. The number of rotatable bonds is 6. The summed E-state index contributed by atoms with van der Waals surface area (Å²) in [6, 6.07) is 22.5. The normalized spacial score (nSPS) is 23.9. The number of phenols is 2. The summed E-state index contributed by atoms with van der Waals surface area (Å²) in [7, 11) is 0. The van der Waals surface area contributed by atoms with Crippen molar-refractivity contribution < 1.29 is 19.7 Å². The molecule has 3 aromatic rings. The lowest BCUT2D eigenvalue weighted by Gasteiger charge is -2.31. The van der Waals surface area contributed by atoms with Crippen LogP contribution < -0.4 is 9.47 Å².